The zero-order valence-corrected chi connectivity index (χ0v) is 12.8. The summed E-state index contributed by atoms with van der Waals surface area (Å²) in [6, 6.07) is 5.93. The number of fused-ring (bicyclic) bond motifs is 5. The van der Waals surface area contributed by atoms with Crippen molar-refractivity contribution in [2.75, 3.05) is 18.4 Å². The highest BCUT2D eigenvalue weighted by atomic mass is 19.3. The number of ether oxygens (including phenoxy) is 1. The van der Waals surface area contributed by atoms with Crippen LogP contribution in [0.5, 0.6) is 5.75 Å². The Kier molecular flexibility index (Phi) is 3.62. The van der Waals surface area contributed by atoms with E-state index in [9.17, 15) is 13.6 Å². The highest BCUT2D eigenvalue weighted by Gasteiger charge is 2.52. The first-order valence-electron chi connectivity index (χ1n) is 8.21. The average molecular weight is 322 g/mol. The van der Waals surface area contributed by atoms with Gasteiger partial charge in [-0.3, -0.25) is 0 Å². The van der Waals surface area contributed by atoms with Crippen LogP contribution in [-0.2, 0) is 0 Å². The van der Waals surface area contributed by atoms with Gasteiger partial charge in [-0.2, -0.15) is 8.78 Å². The predicted molar refractivity (Wildman–Crippen MR) is 81.5 cm³/mol. The highest BCUT2D eigenvalue weighted by molar-refractivity contribution is 5.89. The van der Waals surface area contributed by atoms with E-state index in [0.29, 0.717) is 17.5 Å². The number of nitrogens with zero attached hydrogens (tertiary/aromatic N) is 1. The first-order chi connectivity index (χ1) is 11.1. The molecule has 2 bridgehead atoms. The molecule has 0 spiro atoms. The van der Waals surface area contributed by atoms with Gasteiger partial charge in [0.25, 0.3) is 0 Å². The molecule has 4 rings (SSSR count). The van der Waals surface area contributed by atoms with Crippen LogP contribution in [0, 0.1) is 23.7 Å². The number of likely N-dealkylation sites (tertiary alicyclic amines) is 1. The van der Waals surface area contributed by atoms with Crippen LogP contribution in [0.15, 0.2) is 24.3 Å². The second-order valence-corrected chi connectivity index (χ2v) is 6.90. The summed E-state index contributed by atoms with van der Waals surface area (Å²) in [6.07, 6.45) is 4.01. The lowest BCUT2D eigenvalue weighted by Gasteiger charge is -2.22. The summed E-state index contributed by atoms with van der Waals surface area (Å²) in [4.78, 5) is 14.3. The molecule has 1 aromatic rings. The molecule has 4 nitrogen and oxygen atoms in total. The SMILES string of the molecule is O=C(Nc1ccc(OC(F)F)cc1)N1C[C@@H]2[C@@H]3CC[C@@H](C3)[C@@H]2C1. The van der Waals surface area contributed by atoms with Gasteiger partial charge in [0.05, 0.1) is 0 Å². The van der Waals surface area contributed by atoms with E-state index in [-0.39, 0.29) is 11.8 Å². The van der Waals surface area contributed by atoms with E-state index in [1.807, 2.05) is 4.90 Å². The fourth-order valence-corrected chi connectivity index (χ4v) is 4.77. The molecule has 1 aromatic carbocycles. The minimum absolute atomic E-state index is 0.0882. The van der Waals surface area contributed by atoms with E-state index in [0.717, 1.165) is 24.9 Å². The zero-order chi connectivity index (χ0) is 16.0. The standard InChI is InChI=1S/C17H20F2N2O2/c18-16(19)23-13-5-3-12(4-6-13)20-17(22)21-8-14-10-1-2-11(7-10)15(14)9-21/h3-6,10-11,14-16H,1-2,7-9H2,(H,20,22)/t10-,11+,14-,15+. The number of rotatable bonds is 3. The van der Waals surface area contributed by atoms with Crippen molar-refractivity contribution in [2.45, 2.75) is 25.9 Å². The normalized spacial score (nSPS) is 31.5. The van der Waals surface area contributed by atoms with Crippen molar-refractivity contribution in [1.29, 1.82) is 0 Å². The Hall–Kier alpha value is -1.85. The molecule has 3 aliphatic rings. The molecule has 2 amide bonds. The Morgan fingerprint density at radius 3 is 2.30 bits per heavy atom. The molecule has 1 aliphatic heterocycles. The average Bonchev–Trinajstić information content (AvgIpc) is 3.21. The monoisotopic (exact) mass is 322 g/mol. The van der Waals surface area contributed by atoms with Crippen LogP contribution in [0.1, 0.15) is 19.3 Å². The van der Waals surface area contributed by atoms with Crippen LogP contribution in [0.3, 0.4) is 0 Å². The number of amides is 2. The second kappa shape index (κ2) is 5.65. The molecule has 23 heavy (non-hydrogen) atoms. The van der Waals surface area contributed by atoms with Crippen LogP contribution < -0.4 is 10.1 Å². The van der Waals surface area contributed by atoms with Crippen molar-refractivity contribution in [3.8, 4) is 5.75 Å². The first-order valence-corrected chi connectivity index (χ1v) is 8.21. The fourth-order valence-electron chi connectivity index (χ4n) is 4.77. The van der Waals surface area contributed by atoms with Crippen molar-refractivity contribution < 1.29 is 18.3 Å². The minimum atomic E-state index is -2.84. The van der Waals surface area contributed by atoms with Gasteiger partial charge in [-0.15, -0.1) is 0 Å². The molecule has 1 heterocycles. The number of carbonyl (C=O) groups is 1. The molecule has 3 fully saturated rings. The fraction of sp³-hybridized carbons (Fsp3) is 0.588. The topological polar surface area (TPSA) is 41.6 Å². The van der Waals surface area contributed by atoms with E-state index in [4.69, 9.17) is 0 Å². The summed E-state index contributed by atoms with van der Waals surface area (Å²) in [5, 5.41) is 2.85. The molecule has 1 N–H and O–H groups in total. The van der Waals surface area contributed by atoms with Gasteiger partial charge < -0.3 is 15.0 Å². The van der Waals surface area contributed by atoms with Crippen molar-refractivity contribution in [2.24, 2.45) is 23.7 Å². The second-order valence-electron chi connectivity index (χ2n) is 6.90. The molecular weight excluding hydrogens is 302 g/mol. The van der Waals surface area contributed by atoms with E-state index in [1.165, 1.54) is 31.4 Å². The van der Waals surface area contributed by atoms with Crippen LogP contribution in [0.4, 0.5) is 19.3 Å². The quantitative estimate of drug-likeness (QED) is 0.920. The molecule has 2 saturated carbocycles. The van der Waals surface area contributed by atoms with Crippen molar-refractivity contribution in [3.63, 3.8) is 0 Å². The van der Waals surface area contributed by atoms with E-state index >= 15 is 0 Å². The molecule has 0 unspecified atom stereocenters. The predicted octanol–water partition coefficient (Wildman–Crippen LogP) is 3.80. The third kappa shape index (κ3) is 2.75. The van der Waals surface area contributed by atoms with Gasteiger partial charge in [0.15, 0.2) is 0 Å². The lowest BCUT2D eigenvalue weighted by molar-refractivity contribution is -0.0498. The third-order valence-corrected chi connectivity index (χ3v) is 5.76. The Balaban J connectivity index is 1.35. The number of hydrogen-bond donors (Lipinski definition) is 1. The van der Waals surface area contributed by atoms with E-state index < -0.39 is 6.61 Å². The van der Waals surface area contributed by atoms with Crippen LogP contribution in [0.25, 0.3) is 0 Å². The molecule has 6 heteroatoms. The number of hydrogen-bond acceptors (Lipinski definition) is 2. The van der Waals surface area contributed by atoms with E-state index in [2.05, 4.69) is 10.1 Å². The Bertz CT molecular complexity index is 575. The summed E-state index contributed by atoms with van der Waals surface area (Å²) in [7, 11) is 0. The van der Waals surface area contributed by atoms with Gasteiger partial charge in [0.1, 0.15) is 5.75 Å². The minimum Gasteiger partial charge on any atom is -0.435 e. The van der Waals surface area contributed by atoms with E-state index in [1.54, 1.807) is 12.1 Å². The van der Waals surface area contributed by atoms with Crippen LogP contribution >= 0.6 is 0 Å². The molecule has 1 saturated heterocycles. The maximum Gasteiger partial charge on any atom is 0.387 e. The number of halogens is 2. The summed E-state index contributed by atoms with van der Waals surface area (Å²) >= 11 is 0. The van der Waals surface area contributed by atoms with Crippen molar-refractivity contribution >= 4 is 11.7 Å². The summed E-state index contributed by atoms with van der Waals surface area (Å²) in [5.41, 5.74) is 0.594. The summed E-state index contributed by atoms with van der Waals surface area (Å²) in [5.74, 6) is 3.08. The van der Waals surface area contributed by atoms with Gasteiger partial charge in [-0.25, -0.2) is 4.79 Å². The molecule has 4 atom stereocenters. The van der Waals surface area contributed by atoms with Gasteiger partial charge in [0.2, 0.25) is 0 Å². The molecule has 124 valence electrons. The van der Waals surface area contributed by atoms with Gasteiger partial charge in [0, 0.05) is 18.8 Å². The number of nitrogens with one attached hydrogen (secondary N) is 1. The number of alkyl halides is 2. The highest BCUT2D eigenvalue weighted by Crippen LogP contribution is 2.55. The van der Waals surface area contributed by atoms with Gasteiger partial charge in [-0.1, -0.05) is 0 Å². The Morgan fingerprint density at radius 2 is 1.74 bits per heavy atom. The Labute approximate surface area is 133 Å². The van der Waals surface area contributed by atoms with Crippen molar-refractivity contribution in [1.82, 2.24) is 4.90 Å². The third-order valence-electron chi connectivity index (χ3n) is 5.76. The molecule has 0 aromatic heterocycles. The smallest absolute Gasteiger partial charge is 0.387 e. The Morgan fingerprint density at radius 1 is 1.13 bits per heavy atom. The number of anilines is 1. The summed E-state index contributed by atoms with van der Waals surface area (Å²) in [6.45, 7) is -1.14. The summed E-state index contributed by atoms with van der Waals surface area (Å²) < 4.78 is 28.5. The zero-order valence-electron chi connectivity index (χ0n) is 12.8. The number of urea groups is 1. The molecule has 0 radical (unpaired) electrons. The molecular formula is C17H20F2N2O2. The maximum absolute atomic E-state index is 12.4. The molecule has 2 aliphatic carbocycles. The number of carbonyl (C=O) groups excluding carboxylic acids is 1. The van der Waals surface area contributed by atoms with Crippen LogP contribution in [-0.4, -0.2) is 30.6 Å². The van der Waals surface area contributed by atoms with Crippen LogP contribution in [0.2, 0.25) is 0 Å². The van der Waals surface area contributed by atoms with Gasteiger partial charge >= 0.3 is 12.6 Å². The maximum atomic E-state index is 12.4. The number of benzene rings is 1. The lowest BCUT2D eigenvalue weighted by atomic mass is 9.82. The van der Waals surface area contributed by atoms with Crippen molar-refractivity contribution in [3.05, 3.63) is 24.3 Å². The van der Waals surface area contributed by atoms with Gasteiger partial charge in [-0.05, 0) is 67.2 Å². The first kappa shape index (κ1) is 14.7. The largest absolute Gasteiger partial charge is 0.435 e. The lowest BCUT2D eigenvalue weighted by Crippen LogP contribution is -2.34.